The van der Waals surface area contributed by atoms with Crippen LogP contribution in [0.15, 0.2) is 12.3 Å². The van der Waals surface area contributed by atoms with Crippen LogP contribution in [0, 0.1) is 6.92 Å². The van der Waals surface area contributed by atoms with Crippen molar-refractivity contribution in [3.8, 4) is 0 Å². The fourth-order valence-corrected chi connectivity index (χ4v) is 2.73. The molecule has 2 aromatic heterocycles. The Balaban J connectivity index is 1.97. The first-order chi connectivity index (χ1) is 9.58. The molecule has 1 atom stereocenters. The number of aryl methyl sites for hydroxylation is 2. The van der Waals surface area contributed by atoms with Gasteiger partial charge in [-0.25, -0.2) is 4.98 Å². The smallest absolute Gasteiger partial charge is 0.255 e. The lowest BCUT2D eigenvalue weighted by atomic mass is 10.1. The molecule has 0 radical (unpaired) electrons. The van der Waals surface area contributed by atoms with E-state index in [-0.39, 0.29) is 11.9 Å². The van der Waals surface area contributed by atoms with Gasteiger partial charge in [-0.1, -0.05) is 0 Å². The standard InChI is InChI=1S/C14H19N5O/c1-9-7-15-4-5-19(9)14(20)11-6-12-10(2)17-18(3)13(12)16-8-11/h6,8-9,15H,4-5,7H2,1-3H3. The molecule has 1 aliphatic rings. The largest absolute Gasteiger partial charge is 0.333 e. The Morgan fingerprint density at radius 3 is 3.05 bits per heavy atom. The third-order valence-corrected chi connectivity index (χ3v) is 3.87. The topological polar surface area (TPSA) is 63.1 Å². The van der Waals surface area contributed by atoms with Crippen LogP contribution in [0.1, 0.15) is 23.0 Å². The summed E-state index contributed by atoms with van der Waals surface area (Å²) < 4.78 is 1.74. The average Bonchev–Trinajstić information content (AvgIpc) is 2.73. The molecule has 1 amide bonds. The molecule has 0 aliphatic carbocycles. The predicted octanol–water partition coefficient (Wildman–Crippen LogP) is 0.711. The summed E-state index contributed by atoms with van der Waals surface area (Å²) in [6.45, 7) is 6.42. The van der Waals surface area contributed by atoms with Gasteiger partial charge in [0.25, 0.3) is 5.91 Å². The molecule has 0 saturated carbocycles. The Labute approximate surface area is 117 Å². The molecule has 6 heteroatoms. The molecule has 1 N–H and O–H groups in total. The summed E-state index contributed by atoms with van der Waals surface area (Å²) in [7, 11) is 1.86. The summed E-state index contributed by atoms with van der Waals surface area (Å²) >= 11 is 0. The Hall–Kier alpha value is -1.95. The fourth-order valence-electron chi connectivity index (χ4n) is 2.73. The quantitative estimate of drug-likeness (QED) is 0.831. The van der Waals surface area contributed by atoms with E-state index in [9.17, 15) is 4.79 Å². The maximum absolute atomic E-state index is 12.6. The van der Waals surface area contributed by atoms with E-state index in [0.29, 0.717) is 5.56 Å². The van der Waals surface area contributed by atoms with Crippen LogP contribution in [0.5, 0.6) is 0 Å². The van der Waals surface area contributed by atoms with E-state index in [1.54, 1.807) is 10.9 Å². The lowest BCUT2D eigenvalue weighted by Gasteiger charge is -2.33. The number of carbonyl (C=O) groups excluding carboxylic acids is 1. The number of piperazine rings is 1. The van der Waals surface area contributed by atoms with Crippen molar-refractivity contribution >= 4 is 16.9 Å². The van der Waals surface area contributed by atoms with E-state index in [4.69, 9.17) is 0 Å². The van der Waals surface area contributed by atoms with Gasteiger partial charge < -0.3 is 10.2 Å². The third-order valence-electron chi connectivity index (χ3n) is 3.87. The van der Waals surface area contributed by atoms with Gasteiger partial charge in [0, 0.05) is 44.3 Å². The maximum Gasteiger partial charge on any atom is 0.255 e. The highest BCUT2D eigenvalue weighted by Crippen LogP contribution is 2.18. The van der Waals surface area contributed by atoms with Gasteiger partial charge in [0.1, 0.15) is 0 Å². The first kappa shape index (κ1) is 13.1. The Kier molecular flexibility index (Phi) is 3.17. The normalized spacial score (nSPS) is 19.6. The zero-order valence-electron chi connectivity index (χ0n) is 12.1. The second-order valence-electron chi connectivity index (χ2n) is 5.36. The van der Waals surface area contributed by atoms with Crippen LogP contribution in [0.25, 0.3) is 11.0 Å². The zero-order chi connectivity index (χ0) is 14.3. The van der Waals surface area contributed by atoms with Gasteiger partial charge in [-0.3, -0.25) is 9.48 Å². The van der Waals surface area contributed by atoms with Gasteiger partial charge in [-0.15, -0.1) is 0 Å². The van der Waals surface area contributed by atoms with E-state index < -0.39 is 0 Å². The molecule has 6 nitrogen and oxygen atoms in total. The number of aromatic nitrogens is 3. The number of hydrogen-bond donors (Lipinski definition) is 1. The van der Waals surface area contributed by atoms with Crippen LogP contribution < -0.4 is 5.32 Å². The fraction of sp³-hybridized carbons (Fsp3) is 0.500. The molecule has 3 heterocycles. The van der Waals surface area contributed by atoms with Crippen molar-refractivity contribution in [2.45, 2.75) is 19.9 Å². The number of nitrogens with one attached hydrogen (secondary N) is 1. The molecule has 1 aliphatic heterocycles. The Morgan fingerprint density at radius 2 is 2.30 bits per heavy atom. The summed E-state index contributed by atoms with van der Waals surface area (Å²) in [5, 5.41) is 8.57. The molecular weight excluding hydrogens is 254 g/mol. The zero-order valence-corrected chi connectivity index (χ0v) is 12.1. The van der Waals surface area contributed by atoms with Crippen molar-refractivity contribution < 1.29 is 4.79 Å². The summed E-state index contributed by atoms with van der Waals surface area (Å²) in [5.41, 5.74) is 2.35. The van der Waals surface area contributed by atoms with E-state index in [1.165, 1.54) is 0 Å². The Morgan fingerprint density at radius 1 is 1.50 bits per heavy atom. The van der Waals surface area contributed by atoms with Crippen LogP contribution in [-0.2, 0) is 7.05 Å². The van der Waals surface area contributed by atoms with Crippen molar-refractivity contribution in [3.63, 3.8) is 0 Å². The number of rotatable bonds is 1. The molecule has 106 valence electrons. The lowest BCUT2D eigenvalue weighted by molar-refractivity contribution is 0.0655. The summed E-state index contributed by atoms with van der Waals surface area (Å²) in [6.07, 6.45) is 1.65. The summed E-state index contributed by atoms with van der Waals surface area (Å²) in [4.78, 5) is 18.9. The first-order valence-electron chi connectivity index (χ1n) is 6.89. The van der Waals surface area contributed by atoms with Crippen molar-refractivity contribution in [2.24, 2.45) is 7.05 Å². The lowest BCUT2D eigenvalue weighted by Crippen LogP contribution is -2.52. The van der Waals surface area contributed by atoms with Crippen molar-refractivity contribution in [1.82, 2.24) is 25.0 Å². The molecule has 1 saturated heterocycles. The van der Waals surface area contributed by atoms with E-state index in [0.717, 1.165) is 36.4 Å². The number of amides is 1. The molecule has 1 unspecified atom stereocenters. The van der Waals surface area contributed by atoms with Gasteiger partial charge in [0.15, 0.2) is 5.65 Å². The van der Waals surface area contributed by atoms with Crippen molar-refractivity contribution in [3.05, 3.63) is 23.5 Å². The molecule has 20 heavy (non-hydrogen) atoms. The number of nitrogens with zero attached hydrogens (tertiary/aromatic N) is 4. The summed E-state index contributed by atoms with van der Waals surface area (Å²) in [6, 6.07) is 2.11. The van der Waals surface area contributed by atoms with Crippen molar-refractivity contribution in [1.29, 1.82) is 0 Å². The predicted molar refractivity (Wildman–Crippen MR) is 76.6 cm³/mol. The minimum atomic E-state index is 0.0525. The average molecular weight is 273 g/mol. The van der Waals surface area contributed by atoms with Crippen LogP contribution in [-0.4, -0.2) is 51.2 Å². The Bertz CT molecular complexity index is 663. The number of carbonyl (C=O) groups is 1. The second-order valence-corrected chi connectivity index (χ2v) is 5.36. The molecule has 2 aromatic rings. The highest BCUT2D eigenvalue weighted by Gasteiger charge is 2.24. The van der Waals surface area contributed by atoms with Crippen LogP contribution in [0.4, 0.5) is 0 Å². The van der Waals surface area contributed by atoms with Gasteiger partial charge in [-0.2, -0.15) is 5.10 Å². The molecule has 0 aromatic carbocycles. The monoisotopic (exact) mass is 273 g/mol. The molecule has 1 fully saturated rings. The van der Waals surface area contributed by atoms with E-state index in [2.05, 4.69) is 22.3 Å². The molecular formula is C14H19N5O. The van der Waals surface area contributed by atoms with Gasteiger partial charge in [0.05, 0.1) is 11.3 Å². The highest BCUT2D eigenvalue weighted by atomic mass is 16.2. The molecule has 0 spiro atoms. The maximum atomic E-state index is 12.6. The van der Waals surface area contributed by atoms with Gasteiger partial charge in [-0.05, 0) is 19.9 Å². The van der Waals surface area contributed by atoms with E-state index >= 15 is 0 Å². The number of fused-ring (bicyclic) bond motifs is 1. The first-order valence-corrected chi connectivity index (χ1v) is 6.89. The SMILES string of the molecule is Cc1nn(C)c2ncc(C(=O)N3CCNCC3C)cc12. The molecule has 3 rings (SSSR count). The third kappa shape index (κ3) is 2.06. The number of pyridine rings is 1. The minimum Gasteiger partial charge on any atom is -0.333 e. The van der Waals surface area contributed by atoms with Crippen LogP contribution in [0.3, 0.4) is 0 Å². The van der Waals surface area contributed by atoms with Crippen LogP contribution in [0.2, 0.25) is 0 Å². The summed E-state index contributed by atoms with van der Waals surface area (Å²) in [5.74, 6) is 0.0525. The highest BCUT2D eigenvalue weighted by molar-refractivity contribution is 5.97. The minimum absolute atomic E-state index is 0.0525. The second kappa shape index (κ2) is 4.86. The van der Waals surface area contributed by atoms with Crippen LogP contribution >= 0.6 is 0 Å². The van der Waals surface area contributed by atoms with Gasteiger partial charge in [0.2, 0.25) is 0 Å². The molecule has 0 bridgehead atoms. The van der Waals surface area contributed by atoms with Crippen molar-refractivity contribution in [2.75, 3.05) is 19.6 Å². The van der Waals surface area contributed by atoms with E-state index in [1.807, 2.05) is 24.9 Å². The number of hydrogen-bond acceptors (Lipinski definition) is 4. The van der Waals surface area contributed by atoms with Gasteiger partial charge >= 0.3 is 0 Å².